The van der Waals surface area contributed by atoms with Gasteiger partial charge < -0.3 is 15.0 Å². The average Bonchev–Trinajstić information content (AvgIpc) is 2.61. The van der Waals surface area contributed by atoms with Crippen molar-refractivity contribution in [3.8, 4) is 0 Å². The molecule has 1 aliphatic heterocycles. The number of ether oxygens (including phenoxy) is 1. The summed E-state index contributed by atoms with van der Waals surface area (Å²) in [5, 5.41) is 2.31. The predicted molar refractivity (Wildman–Crippen MR) is 79.1 cm³/mol. The van der Waals surface area contributed by atoms with Crippen LogP contribution in [0.15, 0.2) is 0 Å². The van der Waals surface area contributed by atoms with Crippen LogP contribution < -0.4 is 5.32 Å². The van der Waals surface area contributed by atoms with E-state index in [1.54, 1.807) is 34.6 Å². The first-order chi connectivity index (χ1) is 10.7. The van der Waals surface area contributed by atoms with E-state index in [0.29, 0.717) is 11.3 Å². The Morgan fingerprint density at radius 2 is 1.62 bits per heavy atom. The fourth-order valence-electron chi connectivity index (χ4n) is 2.24. The van der Waals surface area contributed by atoms with Crippen molar-refractivity contribution in [1.82, 2.24) is 10.2 Å². The first kappa shape index (κ1) is 20.5. The van der Waals surface area contributed by atoms with Gasteiger partial charge in [0.25, 0.3) is 0 Å². The summed E-state index contributed by atoms with van der Waals surface area (Å²) < 4.78 is 58.3. The maximum Gasteiger partial charge on any atom is 0.408 e. The highest BCUT2D eigenvalue weighted by Crippen LogP contribution is 2.41. The Bertz CT molecular complexity index is 476. The van der Waals surface area contributed by atoms with Gasteiger partial charge in [0.2, 0.25) is 5.91 Å². The van der Waals surface area contributed by atoms with Gasteiger partial charge in [0.1, 0.15) is 11.6 Å². The van der Waals surface area contributed by atoms with E-state index < -0.39 is 54.5 Å². The van der Waals surface area contributed by atoms with E-state index in [0.717, 1.165) is 0 Å². The quantitative estimate of drug-likeness (QED) is 0.788. The number of carbonyl (C=O) groups is 2. The van der Waals surface area contributed by atoms with Crippen LogP contribution in [0.25, 0.3) is 0 Å². The Hall–Kier alpha value is -1.54. The summed E-state index contributed by atoms with van der Waals surface area (Å²) in [6, 6.07) is -1.21. The number of amides is 2. The number of carbonyl (C=O) groups excluding carboxylic acids is 2. The molecular formula is C15H24F4N2O3. The van der Waals surface area contributed by atoms with Crippen LogP contribution in [0.2, 0.25) is 0 Å². The Labute approximate surface area is 138 Å². The molecule has 9 heteroatoms. The van der Waals surface area contributed by atoms with Gasteiger partial charge in [-0.3, -0.25) is 4.79 Å². The van der Waals surface area contributed by atoms with Crippen molar-refractivity contribution in [3.05, 3.63) is 0 Å². The third kappa shape index (κ3) is 4.73. The molecular weight excluding hydrogens is 332 g/mol. The first-order valence-corrected chi connectivity index (χ1v) is 7.74. The maximum atomic E-state index is 13.3. The van der Waals surface area contributed by atoms with E-state index in [9.17, 15) is 27.2 Å². The van der Waals surface area contributed by atoms with E-state index in [4.69, 9.17) is 4.74 Å². The second kappa shape index (κ2) is 6.76. The van der Waals surface area contributed by atoms with Crippen LogP contribution in [0.5, 0.6) is 0 Å². The standard InChI is InChI=1S/C15H24F4N2O3/c1-6-9(2)10(20-12(23)24-13(3,4)5)11(22)21-7-14(16,17)15(18,19)8-21/h9-10H,6-8H2,1-5H3,(H,20,23)/t9-,10-/m0/s1. The summed E-state index contributed by atoms with van der Waals surface area (Å²) in [5.74, 6) is -9.97. The lowest BCUT2D eigenvalue weighted by Gasteiger charge is -2.29. The number of alkyl carbamates (subject to hydrolysis) is 1. The number of hydrogen-bond donors (Lipinski definition) is 1. The van der Waals surface area contributed by atoms with E-state index in [1.807, 2.05) is 0 Å². The van der Waals surface area contributed by atoms with Gasteiger partial charge >= 0.3 is 17.9 Å². The maximum absolute atomic E-state index is 13.3. The summed E-state index contributed by atoms with van der Waals surface area (Å²) in [6.07, 6.45) is -0.466. The lowest BCUT2D eigenvalue weighted by Crippen LogP contribution is -2.52. The minimum absolute atomic E-state index is 0.397. The van der Waals surface area contributed by atoms with Crippen molar-refractivity contribution < 1.29 is 31.9 Å². The van der Waals surface area contributed by atoms with Crippen LogP contribution in [0.1, 0.15) is 41.0 Å². The molecule has 0 radical (unpaired) electrons. The molecule has 0 aliphatic carbocycles. The van der Waals surface area contributed by atoms with Gasteiger partial charge in [0.15, 0.2) is 0 Å². The van der Waals surface area contributed by atoms with Crippen molar-refractivity contribution in [1.29, 1.82) is 0 Å². The van der Waals surface area contributed by atoms with E-state index in [-0.39, 0.29) is 0 Å². The van der Waals surface area contributed by atoms with E-state index in [1.165, 1.54) is 0 Å². The van der Waals surface area contributed by atoms with Gasteiger partial charge in [-0.05, 0) is 26.7 Å². The predicted octanol–water partition coefficient (Wildman–Crippen LogP) is 3.04. The summed E-state index contributed by atoms with van der Waals surface area (Å²) in [7, 11) is 0. The monoisotopic (exact) mass is 356 g/mol. The number of halogens is 4. The zero-order chi connectivity index (χ0) is 18.9. The van der Waals surface area contributed by atoms with Crippen molar-refractivity contribution in [2.24, 2.45) is 5.92 Å². The third-order valence-corrected chi connectivity index (χ3v) is 3.78. The normalized spacial score (nSPS) is 22.0. The topological polar surface area (TPSA) is 58.6 Å². The molecule has 1 N–H and O–H groups in total. The van der Waals surface area contributed by atoms with Gasteiger partial charge in [-0.2, -0.15) is 17.6 Å². The summed E-state index contributed by atoms with van der Waals surface area (Å²) in [4.78, 5) is 24.7. The molecule has 2 amide bonds. The molecule has 0 aromatic carbocycles. The second-order valence-electron chi connectivity index (χ2n) is 7.11. The van der Waals surface area contributed by atoms with E-state index >= 15 is 0 Å². The molecule has 1 heterocycles. The number of alkyl halides is 4. The van der Waals surface area contributed by atoms with Gasteiger partial charge in [-0.25, -0.2) is 4.79 Å². The molecule has 1 saturated heterocycles. The Morgan fingerprint density at radius 1 is 1.17 bits per heavy atom. The molecule has 0 spiro atoms. The van der Waals surface area contributed by atoms with Gasteiger partial charge in [-0.1, -0.05) is 20.3 Å². The largest absolute Gasteiger partial charge is 0.444 e. The lowest BCUT2D eigenvalue weighted by atomic mass is 9.98. The van der Waals surface area contributed by atoms with Crippen LogP contribution in [0.4, 0.5) is 22.4 Å². The van der Waals surface area contributed by atoms with E-state index in [2.05, 4.69) is 5.32 Å². The fraction of sp³-hybridized carbons (Fsp3) is 0.867. The lowest BCUT2D eigenvalue weighted by molar-refractivity contribution is -0.172. The summed E-state index contributed by atoms with van der Waals surface area (Å²) in [5.41, 5.74) is -0.819. The SMILES string of the molecule is CC[C@H](C)[C@H](NC(=O)OC(C)(C)C)C(=O)N1CC(F)(F)C(F)(F)C1. The Kier molecular flexibility index (Phi) is 5.77. The van der Waals surface area contributed by atoms with Crippen LogP contribution in [0.3, 0.4) is 0 Å². The number of likely N-dealkylation sites (tertiary alicyclic amines) is 1. The number of nitrogens with zero attached hydrogens (tertiary/aromatic N) is 1. The highest BCUT2D eigenvalue weighted by molar-refractivity contribution is 5.86. The molecule has 0 saturated carbocycles. The molecule has 0 bridgehead atoms. The fourth-order valence-corrected chi connectivity index (χ4v) is 2.24. The minimum Gasteiger partial charge on any atom is -0.444 e. The highest BCUT2D eigenvalue weighted by atomic mass is 19.3. The number of rotatable bonds is 4. The van der Waals surface area contributed by atoms with Gasteiger partial charge in [-0.15, -0.1) is 0 Å². The summed E-state index contributed by atoms with van der Waals surface area (Å²) >= 11 is 0. The van der Waals surface area contributed by atoms with Crippen molar-refractivity contribution in [3.63, 3.8) is 0 Å². The van der Waals surface area contributed by atoms with Crippen LogP contribution in [0, 0.1) is 5.92 Å². The zero-order valence-electron chi connectivity index (χ0n) is 14.5. The average molecular weight is 356 g/mol. The van der Waals surface area contributed by atoms with Crippen molar-refractivity contribution in [2.45, 2.75) is 64.5 Å². The van der Waals surface area contributed by atoms with Crippen LogP contribution >= 0.6 is 0 Å². The molecule has 2 atom stereocenters. The molecule has 0 unspecified atom stereocenters. The van der Waals surface area contributed by atoms with Crippen LogP contribution in [-0.4, -0.2) is 53.5 Å². The third-order valence-electron chi connectivity index (χ3n) is 3.78. The van der Waals surface area contributed by atoms with Crippen LogP contribution in [-0.2, 0) is 9.53 Å². The Balaban J connectivity index is 2.90. The highest BCUT2D eigenvalue weighted by Gasteiger charge is 2.64. The summed E-state index contributed by atoms with van der Waals surface area (Å²) in [6.45, 7) is 5.46. The molecule has 0 aromatic rings. The molecule has 1 aliphatic rings. The zero-order valence-corrected chi connectivity index (χ0v) is 14.5. The van der Waals surface area contributed by atoms with Gasteiger partial charge in [0, 0.05) is 0 Å². The number of nitrogens with one attached hydrogen (secondary N) is 1. The molecule has 5 nitrogen and oxygen atoms in total. The van der Waals surface area contributed by atoms with Gasteiger partial charge in [0.05, 0.1) is 13.1 Å². The first-order valence-electron chi connectivity index (χ1n) is 7.74. The second-order valence-corrected chi connectivity index (χ2v) is 7.11. The molecule has 24 heavy (non-hydrogen) atoms. The van der Waals surface area contributed by atoms with Crippen molar-refractivity contribution >= 4 is 12.0 Å². The smallest absolute Gasteiger partial charge is 0.408 e. The number of hydrogen-bond acceptors (Lipinski definition) is 3. The van der Waals surface area contributed by atoms with Crippen molar-refractivity contribution in [2.75, 3.05) is 13.1 Å². The minimum atomic E-state index is -4.28. The molecule has 140 valence electrons. The molecule has 1 rings (SSSR count). The Morgan fingerprint density at radius 3 is 2.00 bits per heavy atom. The molecule has 1 fully saturated rings. The molecule has 0 aromatic heterocycles.